The molecule has 0 aliphatic rings. The molecule has 0 bridgehead atoms. The lowest BCUT2D eigenvalue weighted by Crippen LogP contribution is -2.36. The molecule has 6 nitrogen and oxygen atoms in total. The zero-order chi connectivity index (χ0) is 19.4. The van der Waals surface area contributed by atoms with Crippen molar-refractivity contribution in [2.45, 2.75) is 6.54 Å². The molecule has 1 heterocycles. The van der Waals surface area contributed by atoms with E-state index in [0.29, 0.717) is 24.1 Å². The Morgan fingerprint density at radius 1 is 1.15 bits per heavy atom. The van der Waals surface area contributed by atoms with Gasteiger partial charge in [0.1, 0.15) is 18.9 Å². The number of benzene rings is 2. The number of nitrogens with zero attached hydrogens (tertiary/aromatic N) is 3. The van der Waals surface area contributed by atoms with Crippen LogP contribution in [0.5, 0.6) is 5.75 Å². The molecule has 1 amide bonds. The zero-order valence-electron chi connectivity index (χ0n) is 14.6. The van der Waals surface area contributed by atoms with Gasteiger partial charge in [0, 0.05) is 16.0 Å². The summed E-state index contributed by atoms with van der Waals surface area (Å²) in [7, 11) is 1.68. The largest absolute Gasteiger partial charge is 0.492 e. The molecule has 8 heteroatoms. The molecule has 3 aromatic rings. The van der Waals surface area contributed by atoms with Gasteiger partial charge in [0.05, 0.1) is 23.8 Å². The minimum atomic E-state index is -0.242. The Morgan fingerprint density at radius 3 is 2.59 bits per heavy atom. The number of amides is 1. The fraction of sp³-hybridized carbons (Fsp3) is 0.211. The van der Waals surface area contributed by atoms with Gasteiger partial charge in [-0.05, 0) is 42.5 Å². The van der Waals surface area contributed by atoms with Crippen LogP contribution in [0.15, 0.2) is 62.5 Å². The first-order valence-electron chi connectivity index (χ1n) is 8.21. The molecule has 1 aromatic heterocycles. The van der Waals surface area contributed by atoms with E-state index in [0.717, 1.165) is 14.7 Å². The molecule has 0 N–H and O–H groups in total. The Bertz CT molecular complexity index is 1020. The molecule has 0 fully saturated rings. The van der Waals surface area contributed by atoms with Crippen molar-refractivity contribution in [3.63, 3.8) is 0 Å². The second kappa shape index (κ2) is 8.67. The number of fused-ring (bicyclic) bond motifs is 1. The predicted octanol–water partition coefficient (Wildman–Crippen LogP) is 3.46. The van der Waals surface area contributed by atoms with Gasteiger partial charge >= 0.3 is 0 Å². The highest BCUT2D eigenvalue weighted by Gasteiger charge is 2.12. The fourth-order valence-corrected chi connectivity index (χ4v) is 3.09. The third-order valence-corrected chi connectivity index (χ3v) is 5.05. The normalized spacial score (nSPS) is 10.8. The van der Waals surface area contributed by atoms with Gasteiger partial charge in [-0.2, -0.15) is 0 Å². The van der Waals surface area contributed by atoms with E-state index < -0.39 is 0 Å². The van der Waals surface area contributed by atoms with Crippen LogP contribution in [-0.2, 0) is 11.3 Å². The summed E-state index contributed by atoms with van der Waals surface area (Å²) < 4.78 is 8.72. The highest BCUT2D eigenvalue weighted by atomic mass is 79.9. The second-order valence-electron chi connectivity index (χ2n) is 5.96. The molecule has 0 spiro atoms. The molecule has 0 aliphatic heterocycles. The van der Waals surface area contributed by atoms with Crippen LogP contribution in [-0.4, -0.2) is 40.6 Å². The van der Waals surface area contributed by atoms with Gasteiger partial charge in [-0.3, -0.25) is 14.2 Å². The molecule has 0 aliphatic carbocycles. The van der Waals surface area contributed by atoms with Gasteiger partial charge in [-0.15, -0.1) is 0 Å². The topological polar surface area (TPSA) is 64.4 Å². The molecule has 0 radical (unpaired) electrons. The van der Waals surface area contributed by atoms with E-state index in [1.165, 1.54) is 15.8 Å². The van der Waals surface area contributed by atoms with Crippen LogP contribution in [0.1, 0.15) is 0 Å². The Balaban J connectivity index is 1.61. The average molecular weight is 495 g/mol. The highest BCUT2D eigenvalue weighted by molar-refractivity contribution is 9.10. The summed E-state index contributed by atoms with van der Waals surface area (Å²) in [5, 5.41) is 0.473. The van der Waals surface area contributed by atoms with Crippen LogP contribution in [0.3, 0.4) is 0 Å². The monoisotopic (exact) mass is 493 g/mol. The zero-order valence-corrected chi connectivity index (χ0v) is 17.7. The van der Waals surface area contributed by atoms with Crippen LogP contribution < -0.4 is 10.3 Å². The lowest BCUT2D eigenvalue weighted by atomic mass is 10.2. The second-order valence-corrected chi connectivity index (χ2v) is 7.79. The number of carbonyl (C=O) groups is 1. The predicted molar refractivity (Wildman–Crippen MR) is 111 cm³/mol. The van der Waals surface area contributed by atoms with E-state index in [1.54, 1.807) is 19.2 Å². The third kappa shape index (κ3) is 4.95. The van der Waals surface area contributed by atoms with Crippen molar-refractivity contribution in [1.82, 2.24) is 14.5 Å². The van der Waals surface area contributed by atoms with Crippen molar-refractivity contribution in [1.29, 1.82) is 0 Å². The minimum absolute atomic E-state index is 0.0664. The highest BCUT2D eigenvalue weighted by Crippen LogP contribution is 2.16. The van der Waals surface area contributed by atoms with Gasteiger partial charge in [0.15, 0.2) is 0 Å². The molecular formula is C19H17Br2N3O3. The molecule has 0 saturated carbocycles. The van der Waals surface area contributed by atoms with Gasteiger partial charge < -0.3 is 9.64 Å². The number of rotatable bonds is 6. The van der Waals surface area contributed by atoms with E-state index in [1.807, 2.05) is 30.3 Å². The average Bonchev–Trinajstić information content (AvgIpc) is 2.66. The van der Waals surface area contributed by atoms with E-state index in [9.17, 15) is 9.59 Å². The molecule has 0 saturated heterocycles. The number of likely N-dealkylation sites (N-methyl/N-ethyl adjacent to an activating group) is 1. The lowest BCUT2D eigenvalue weighted by molar-refractivity contribution is -0.130. The number of ether oxygens (including phenoxy) is 1. The van der Waals surface area contributed by atoms with Crippen LogP contribution in [0, 0.1) is 0 Å². The van der Waals surface area contributed by atoms with Gasteiger partial charge in [-0.1, -0.05) is 31.9 Å². The Labute approximate surface area is 173 Å². The van der Waals surface area contributed by atoms with Crippen LogP contribution in [0.25, 0.3) is 10.9 Å². The Morgan fingerprint density at radius 2 is 1.85 bits per heavy atom. The summed E-state index contributed by atoms with van der Waals surface area (Å²) in [5.74, 6) is 0.548. The molecule has 27 heavy (non-hydrogen) atoms. The molecular weight excluding hydrogens is 478 g/mol. The summed E-state index contributed by atoms with van der Waals surface area (Å²) in [4.78, 5) is 30.8. The summed E-state index contributed by atoms with van der Waals surface area (Å²) in [6.45, 7) is 0.709. The van der Waals surface area contributed by atoms with Crippen molar-refractivity contribution in [2.24, 2.45) is 0 Å². The molecule has 0 atom stereocenters. The smallest absolute Gasteiger partial charge is 0.261 e. The maximum absolute atomic E-state index is 12.6. The summed E-state index contributed by atoms with van der Waals surface area (Å²) in [6.07, 6.45) is 1.41. The molecule has 2 aromatic carbocycles. The number of aromatic nitrogens is 2. The van der Waals surface area contributed by atoms with Crippen molar-refractivity contribution in [3.8, 4) is 5.75 Å². The lowest BCUT2D eigenvalue weighted by Gasteiger charge is -2.18. The number of carbonyl (C=O) groups excluding carboxylic acids is 1. The van der Waals surface area contributed by atoms with Crippen molar-refractivity contribution < 1.29 is 9.53 Å². The van der Waals surface area contributed by atoms with E-state index in [2.05, 4.69) is 36.8 Å². The first kappa shape index (κ1) is 19.6. The van der Waals surface area contributed by atoms with Crippen LogP contribution in [0.2, 0.25) is 0 Å². The molecule has 3 rings (SSSR count). The number of hydrogen-bond donors (Lipinski definition) is 0. The van der Waals surface area contributed by atoms with Gasteiger partial charge in [0.25, 0.3) is 5.56 Å². The fourth-order valence-electron chi connectivity index (χ4n) is 2.47. The number of halogens is 2. The summed E-state index contributed by atoms with van der Waals surface area (Å²) >= 11 is 6.72. The maximum Gasteiger partial charge on any atom is 0.261 e. The number of hydrogen-bond acceptors (Lipinski definition) is 4. The molecule has 140 valence electrons. The molecule has 0 unspecified atom stereocenters. The van der Waals surface area contributed by atoms with Crippen molar-refractivity contribution in [3.05, 3.63) is 68.1 Å². The summed E-state index contributed by atoms with van der Waals surface area (Å²) in [6, 6.07) is 12.8. The third-order valence-electron chi connectivity index (χ3n) is 4.03. The minimum Gasteiger partial charge on any atom is -0.492 e. The van der Waals surface area contributed by atoms with Gasteiger partial charge in [0.2, 0.25) is 5.91 Å². The van der Waals surface area contributed by atoms with E-state index in [4.69, 9.17) is 4.74 Å². The first-order chi connectivity index (χ1) is 12.9. The van der Waals surface area contributed by atoms with Gasteiger partial charge in [-0.25, -0.2) is 4.98 Å². The SMILES string of the molecule is CN(CCOc1ccc(Br)cc1)C(=O)Cn1cnc2ccc(Br)cc2c1=O. The standard InChI is InChI=1S/C19H17Br2N3O3/c1-23(8-9-27-15-5-2-13(20)3-6-15)18(25)11-24-12-22-17-7-4-14(21)10-16(17)19(24)26/h2-7,10,12H,8-9,11H2,1H3. The van der Waals surface area contributed by atoms with Crippen LogP contribution in [0.4, 0.5) is 0 Å². The Kier molecular flexibility index (Phi) is 6.28. The van der Waals surface area contributed by atoms with Crippen molar-refractivity contribution >= 4 is 48.7 Å². The van der Waals surface area contributed by atoms with Crippen LogP contribution >= 0.6 is 31.9 Å². The summed E-state index contributed by atoms with van der Waals surface area (Å²) in [5.41, 5.74) is 0.359. The Hall–Kier alpha value is -2.19. The first-order valence-corrected chi connectivity index (χ1v) is 9.79. The maximum atomic E-state index is 12.6. The van der Waals surface area contributed by atoms with Crippen molar-refractivity contribution in [2.75, 3.05) is 20.2 Å². The van der Waals surface area contributed by atoms with E-state index >= 15 is 0 Å². The quantitative estimate of drug-likeness (QED) is 0.526. The van der Waals surface area contributed by atoms with E-state index in [-0.39, 0.29) is 18.0 Å².